The molecule has 1 saturated heterocycles. The number of likely N-dealkylation sites (tertiary alicyclic amines) is 1. The van der Waals surface area contributed by atoms with Gasteiger partial charge in [0.05, 0.1) is 10.9 Å². The van der Waals surface area contributed by atoms with Crippen molar-refractivity contribution in [2.24, 2.45) is 5.92 Å². The molecule has 30 heavy (non-hydrogen) atoms. The maximum atomic E-state index is 13.2. The van der Waals surface area contributed by atoms with Crippen LogP contribution >= 0.6 is 0 Å². The fraction of sp³-hybridized carbons (Fsp3) is 0.450. The number of benzene rings is 1. The molecule has 0 bridgehead atoms. The summed E-state index contributed by atoms with van der Waals surface area (Å²) >= 11 is 0. The van der Waals surface area contributed by atoms with E-state index in [4.69, 9.17) is 0 Å². The van der Waals surface area contributed by atoms with Crippen LogP contribution in [-0.4, -0.2) is 53.9 Å². The zero-order valence-electron chi connectivity index (χ0n) is 16.3. The van der Waals surface area contributed by atoms with E-state index in [1.54, 1.807) is 4.90 Å². The van der Waals surface area contributed by atoms with Crippen LogP contribution in [0.5, 0.6) is 0 Å². The molecule has 2 aliphatic rings. The van der Waals surface area contributed by atoms with Crippen LogP contribution < -0.4 is 10.2 Å². The third-order valence-electron chi connectivity index (χ3n) is 5.44. The van der Waals surface area contributed by atoms with Gasteiger partial charge in [0.2, 0.25) is 15.5 Å². The molecule has 1 aliphatic heterocycles. The third kappa shape index (κ3) is 4.59. The summed E-state index contributed by atoms with van der Waals surface area (Å²) in [5.41, 5.74) is -0.174. The normalized spacial score (nSPS) is 19.6. The zero-order valence-corrected chi connectivity index (χ0v) is 17.1. The zero-order chi connectivity index (χ0) is 21.3. The van der Waals surface area contributed by atoms with Gasteiger partial charge in [0, 0.05) is 31.9 Å². The summed E-state index contributed by atoms with van der Waals surface area (Å²) in [6.07, 6.45) is 4.35. The molecule has 2 fully saturated rings. The Labute approximate surface area is 173 Å². The van der Waals surface area contributed by atoms with Gasteiger partial charge in [0.15, 0.2) is 5.69 Å². The molecule has 1 aromatic carbocycles. The van der Waals surface area contributed by atoms with Crippen LogP contribution in [0.3, 0.4) is 0 Å². The van der Waals surface area contributed by atoms with Gasteiger partial charge >= 0.3 is 0 Å². The van der Waals surface area contributed by atoms with Gasteiger partial charge in [-0.05, 0) is 55.9 Å². The van der Waals surface area contributed by atoms with Gasteiger partial charge in [-0.25, -0.2) is 22.2 Å². The lowest BCUT2D eigenvalue weighted by atomic mass is 9.98. The maximum Gasteiger partial charge on any atom is 0.278 e. The number of amides is 1. The maximum absolute atomic E-state index is 13.2. The van der Waals surface area contributed by atoms with Crippen molar-refractivity contribution in [3.05, 3.63) is 58.3 Å². The molecule has 160 valence electrons. The Balaban J connectivity index is 1.47. The van der Waals surface area contributed by atoms with Crippen LogP contribution in [0.15, 0.2) is 41.3 Å². The number of hydrogen-bond acceptors (Lipinski definition) is 5. The molecule has 1 saturated carbocycles. The molecule has 4 rings (SSSR count). The lowest BCUT2D eigenvalue weighted by Gasteiger charge is -2.32. The van der Waals surface area contributed by atoms with E-state index in [1.165, 1.54) is 41.2 Å². The van der Waals surface area contributed by atoms with Gasteiger partial charge in [0.25, 0.3) is 5.91 Å². The summed E-state index contributed by atoms with van der Waals surface area (Å²) < 4.78 is 41.3. The topological polar surface area (TPSA) is 101 Å². The summed E-state index contributed by atoms with van der Waals surface area (Å²) in [6, 6.07) is 6.81. The second-order valence-electron chi connectivity index (χ2n) is 7.80. The molecule has 0 spiro atoms. The minimum absolute atomic E-state index is 0.0146. The lowest BCUT2D eigenvalue weighted by molar-refractivity contribution is 0.0667. The van der Waals surface area contributed by atoms with Crippen molar-refractivity contribution in [2.45, 2.75) is 30.9 Å². The van der Waals surface area contributed by atoms with Crippen molar-refractivity contribution in [3.63, 3.8) is 0 Å². The van der Waals surface area contributed by atoms with Crippen LogP contribution in [0.1, 0.15) is 36.2 Å². The number of sulfonamides is 1. The van der Waals surface area contributed by atoms with Crippen molar-refractivity contribution in [1.82, 2.24) is 19.4 Å². The molecular weight excluding hydrogens is 411 g/mol. The average molecular weight is 434 g/mol. The summed E-state index contributed by atoms with van der Waals surface area (Å²) in [4.78, 5) is 26.8. The van der Waals surface area contributed by atoms with E-state index < -0.39 is 27.2 Å². The second-order valence-corrected chi connectivity index (χ2v) is 9.85. The SMILES string of the molecule is O=C(c1nn(-c2ccc(F)cc2)ccc1=O)N1CCCC(CNS(=O)(=O)C2CC2)C1. The quantitative estimate of drug-likeness (QED) is 0.739. The van der Waals surface area contributed by atoms with Crippen LogP contribution in [0.4, 0.5) is 4.39 Å². The molecule has 1 atom stereocenters. The van der Waals surface area contributed by atoms with Crippen molar-refractivity contribution < 1.29 is 17.6 Å². The first kappa shape index (κ1) is 20.7. The molecule has 1 unspecified atom stereocenters. The number of aromatic nitrogens is 2. The smallest absolute Gasteiger partial charge is 0.278 e. The van der Waals surface area contributed by atoms with Crippen LogP contribution in [0, 0.1) is 11.7 Å². The molecule has 1 aliphatic carbocycles. The summed E-state index contributed by atoms with van der Waals surface area (Å²) in [7, 11) is -3.27. The molecule has 10 heteroatoms. The van der Waals surface area contributed by atoms with E-state index in [-0.39, 0.29) is 23.4 Å². The highest BCUT2D eigenvalue weighted by Crippen LogP contribution is 2.27. The van der Waals surface area contributed by atoms with E-state index >= 15 is 0 Å². The largest absolute Gasteiger partial charge is 0.337 e. The minimum atomic E-state index is -3.27. The number of hydrogen-bond donors (Lipinski definition) is 1. The number of piperidine rings is 1. The molecular formula is C20H23FN4O4S. The van der Waals surface area contributed by atoms with E-state index in [0.29, 0.717) is 31.6 Å². The van der Waals surface area contributed by atoms with Gasteiger partial charge in [0.1, 0.15) is 5.82 Å². The Morgan fingerprint density at radius 3 is 2.60 bits per heavy atom. The predicted molar refractivity (Wildman–Crippen MR) is 108 cm³/mol. The fourth-order valence-corrected chi connectivity index (χ4v) is 5.05. The van der Waals surface area contributed by atoms with Crippen molar-refractivity contribution in [2.75, 3.05) is 19.6 Å². The highest BCUT2D eigenvalue weighted by Gasteiger charge is 2.36. The van der Waals surface area contributed by atoms with Gasteiger partial charge in [-0.2, -0.15) is 5.10 Å². The Bertz CT molecular complexity index is 1100. The number of carbonyl (C=O) groups is 1. The summed E-state index contributed by atoms with van der Waals surface area (Å²) in [5.74, 6) is -0.891. The van der Waals surface area contributed by atoms with Crippen molar-refractivity contribution >= 4 is 15.9 Å². The molecule has 1 N–H and O–H groups in total. The van der Waals surface area contributed by atoms with Crippen LogP contribution in [0.25, 0.3) is 5.69 Å². The molecule has 2 heterocycles. The van der Waals surface area contributed by atoms with Crippen LogP contribution in [-0.2, 0) is 10.0 Å². The number of halogens is 1. The van der Waals surface area contributed by atoms with E-state index in [2.05, 4.69) is 9.82 Å². The lowest BCUT2D eigenvalue weighted by Crippen LogP contribution is -2.45. The minimum Gasteiger partial charge on any atom is -0.337 e. The van der Waals surface area contributed by atoms with E-state index in [9.17, 15) is 22.4 Å². The standard InChI is InChI=1S/C20H23FN4O4S/c21-15-3-5-16(6-4-15)25-11-9-18(26)19(23-25)20(27)24-10-1-2-14(13-24)12-22-30(28,29)17-7-8-17/h3-6,9,11,14,17,22H,1-2,7-8,10,12-13H2. The third-order valence-corrected chi connectivity index (χ3v) is 7.36. The molecule has 1 amide bonds. The Kier molecular flexibility index (Phi) is 5.70. The van der Waals surface area contributed by atoms with Gasteiger partial charge in [-0.1, -0.05) is 0 Å². The van der Waals surface area contributed by atoms with E-state index in [1.807, 2.05) is 0 Å². The first-order chi connectivity index (χ1) is 14.3. The first-order valence-corrected chi connectivity index (χ1v) is 11.5. The molecule has 2 aromatic rings. The Hall–Kier alpha value is -2.59. The van der Waals surface area contributed by atoms with Gasteiger partial charge in [-0.3, -0.25) is 9.59 Å². The predicted octanol–water partition coefficient (Wildman–Crippen LogP) is 1.31. The number of rotatable bonds is 6. The Morgan fingerprint density at radius 2 is 1.90 bits per heavy atom. The van der Waals surface area contributed by atoms with Gasteiger partial charge in [-0.15, -0.1) is 0 Å². The fourth-order valence-electron chi connectivity index (χ4n) is 3.59. The summed E-state index contributed by atoms with van der Waals surface area (Å²) in [5, 5.41) is 3.89. The number of nitrogens with zero attached hydrogens (tertiary/aromatic N) is 3. The number of nitrogens with one attached hydrogen (secondary N) is 1. The van der Waals surface area contributed by atoms with Crippen molar-refractivity contribution in [1.29, 1.82) is 0 Å². The molecule has 0 radical (unpaired) electrons. The second kappa shape index (κ2) is 8.27. The average Bonchev–Trinajstić information content (AvgIpc) is 3.59. The van der Waals surface area contributed by atoms with Crippen LogP contribution in [0.2, 0.25) is 0 Å². The van der Waals surface area contributed by atoms with Gasteiger partial charge < -0.3 is 4.90 Å². The first-order valence-electron chi connectivity index (χ1n) is 9.97. The molecule has 8 nitrogen and oxygen atoms in total. The highest BCUT2D eigenvalue weighted by molar-refractivity contribution is 7.90. The van der Waals surface area contributed by atoms with E-state index in [0.717, 1.165) is 12.8 Å². The number of carbonyl (C=O) groups excluding carboxylic acids is 1. The molecule has 1 aromatic heterocycles. The highest BCUT2D eigenvalue weighted by atomic mass is 32.2. The van der Waals surface area contributed by atoms with Crippen molar-refractivity contribution in [3.8, 4) is 5.69 Å². The Morgan fingerprint density at radius 1 is 1.17 bits per heavy atom. The summed E-state index contributed by atoms with van der Waals surface area (Å²) in [6.45, 7) is 1.13. The monoisotopic (exact) mass is 434 g/mol.